The number of benzene rings is 2. The zero-order valence-electron chi connectivity index (χ0n) is 19.5. The standard InChI is InChI=1S/C25H34N2O6/c1-14(2)12-19(20(28)13-21(29)27-22(15(3)4)25(32)33)26-24(31)23(30)18-11-7-9-16-8-5-6-10-17(16)18/h5-11,14-15,19-20,22-23,28,30H,12-13H2,1-4H3,(H,26,31)(H,27,29)(H,32,33)/t19-,20-,22-,23?/m0/s1. The molecule has 0 saturated heterocycles. The molecule has 0 bridgehead atoms. The summed E-state index contributed by atoms with van der Waals surface area (Å²) in [6.07, 6.45) is -2.71. The summed E-state index contributed by atoms with van der Waals surface area (Å²) < 4.78 is 0. The van der Waals surface area contributed by atoms with E-state index in [0.29, 0.717) is 12.0 Å². The van der Waals surface area contributed by atoms with Crippen LogP contribution in [0.4, 0.5) is 0 Å². The maximum absolute atomic E-state index is 12.9. The predicted molar refractivity (Wildman–Crippen MR) is 125 cm³/mol. The van der Waals surface area contributed by atoms with E-state index in [0.717, 1.165) is 10.8 Å². The number of hydrogen-bond acceptors (Lipinski definition) is 5. The van der Waals surface area contributed by atoms with Gasteiger partial charge in [0.25, 0.3) is 5.91 Å². The lowest BCUT2D eigenvalue weighted by atomic mass is 9.95. The molecule has 0 saturated carbocycles. The van der Waals surface area contributed by atoms with E-state index < -0.39 is 42.1 Å². The fourth-order valence-corrected chi connectivity index (χ4v) is 3.79. The van der Waals surface area contributed by atoms with Crippen LogP contribution in [-0.2, 0) is 14.4 Å². The van der Waals surface area contributed by atoms with Gasteiger partial charge in [0, 0.05) is 0 Å². The minimum atomic E-state index is -1.45. The third-order valence-corrected chi connectivity index (χ3v) is 5.53. The Hall–Kier alpha value is -2.97. The lowest BCUT2D eigenvalue weighted by Gasteiger charge is -2.27. The lowest BCUT2D eigenvalue weighted by Crippen LogP contribution is -2.49. The van der Waals surface area contributed by atoms with Crippen LogP contribution in [-0.4, -0.2) is 51.3 Å². The van der Waals surface area contributed by atoms with Gasteiger partial charge < -0.3 is 26.0 Å². The van der Waals surface area contributed by atoms with E-state index in [9.17, 15) is 29.7 Å². The number of carbonyl (C=O) groups is 3. The SMILES string of the molecule is CC(C)C[C@H](NC(=O)C(O)c1cccc2ccccc12)[C@@H](O)CC(=O)N[C@H](C(=O)O)C(C)C. The molecule has 180 valence electrons. The molecule has 5 N–H and O–H groups in total. The van der Waals surface area contributed by atoms with Crippen LogP contribution in [0.1, 0.15) is 52.2 Å². The Kier molecular flexibility index (Phi) is 9.37. The van der Waals surface area contributed by atoms with Crippen molar-refractivity contribution in [1.29, 1.82) is 0 Å². The van der Waals surface area contributed by atoms with Gasteiger partial charge in [-0.05, 0) is 34.6 Å². The number of carboxylic acid groups (broad SMARTS) is 1. The Bertz CT molecular complexity index is 969. The van der Waals surface area contributed by atoms with Crippen LogP contribution < -0.4 is 10.6 Å². The molecular weight excluding hydrogens is 424 g/mol. The molecule has 0 aromatic heterocycles. The highest BCUT2D eigenvalue weighted by Gasteiger charge is 2.30. The summed E-state index contributed by atoms with van der Waals surface area (Å²) in [6, 6.07) is 10.8. The van der Waals surface area contributed by atoms with Gasteiger partial charge in [-0.3, -0.25) is 9.59 Å². The van der Waals surface area contributed by atoms with Crippen molar-refractivity contribution in [2.45, 2.75) is 64.8 Å². The van der Waals surface area contributed by atoms with E-state index in [1.807, 2.05) is 44.2 Å². The van der Waals surface area contributed by atoms with Crippen molar-refractivity contribution in [3.8, 4) is 0 Å². The number of aliphatic carboxylic acids is 1. The molecule has 4 atom stereocenters. The van der Waals surface area contributed by atoms with Crippen LogP contribution in [0.3, 0.4) is 0 Å². The first kappa shape index (κ1) is 26.3. The van der Waals surface area contributed by atoms with Crippen molar-refractivity contribution in [2.75, 3.05) is 0 Å². The van der Waals surface area contributed by atoms with Crippen LogP contribution >= 0.6 is 0 Å². The molecule has 0 radical (unpaired) electrons. The molecule has 0 spiro atoms. The Balaban J connectivity index is 2.13. The second kappa shape index (κ2) is 11.8. The number of carboxylic acids is 1. The molecule has 0 aliphatic carbocycles. The van der Waals surface area contributed by atoms with E-state index in [-0.39, 0.29) is 18.3 Å². The Morgan fingerprint density at radius 3 is 2.15 bits per heavy atom. The van der Waals surface area contributed by atoms with E-state index in [1.54, 1.807) is 26.0 Å². The van der Waals surface area contributed by atoms with Crippen molar-refractivity contribution in [3.05, 3.63) is 48.0 Å². The number of fused-ring (bicyclic) bond motifs is 1. The van der Waals surface area contributed by atoms with Crippen LogP contribution in [0.5, 0.6) is 0 Å². The minimum Gasteiger partial charge on any atom is -0.480 e. The monoisotopic (exact) mass is 458 g/mol. The van der Waals surface area contributed by atoms with Gasteiger partial charge >= 0.3 is 5.97 Å². The highest BCUT2D eigenvalue weighted by molar-refractivity contribution is 5.92. The normalized spacial score (nSPS) is 15.2. The molecule has 8 heteroatoms. The van der Waals surface area contributed by atoms with Crippen molar-refractivity contribution in [3.63, 3.8) is 0 Å². The van der Waals surface area contributed by atoms with Gasteiger partial charge in [0.15, 0.2) is 6.10 Å². The van der Waals surface area contributed by atoms with Gasteiger partial charge in [-0.2, -0.15) is 0 Å². The third-order valence-electron chi connectivity index (χ3n) is 5.53. The Morgan fingerprint density at radius 2 is 1.55 bits per heavy atom. The van der Waals surface area contributed by atoms with Crippen LogP contribution in [0, 0.1) is 11.8 Å². The average Bonchev–Trinajstić information content (AvgIpc) is 2.75. The van der Waals surface area contributed by atoms with Crippen LogP contribution in [0.25, 0.3) is 10.8 Å². The van der Waals surface area contributed by atoms with Crippen LogP contribution in [0.15, 0.2) is 42.5 Å². The maximum atomic E-state index is 12.9. The van der Waals surface area contributed by atoms with Crippen molar-refractivity contribution < 1.29 is 29.7 Å². The molecule has 8 nitrogen and oxygen atoms in total. The molecule has 0 aliphatic rings. The minimum absolute atomic E-state index is 0.0881. The van der Waals surface area contributed by atoms with Crippen molar-refractivity contribution in [1.82, 2.24) is 10.6 Å². The zero-order valence-corrected chi connectivity index (χ0v) is 19.5. The summed E-state index contributed by atoms with van der Waals surface area (Å²) in [7, 11) is 0. The van der Waals surface area contributed by atoms with Gasteiger partial charge in [0.1, 0.15) is 6.04 Å². The summed E-state index contributed by atoms with van der Waals surface area (Å²) in [5, 5.41) is 37.4. The Morgan fingerprint density at radius 1 is 0.909 bits per heavy atom. The highest BCUT2D eigenvalue weighted by Crippen LogP contribution is 2.25. The molecule has 1 unspecified atom stereocenters. The van der Waals surface area contributed by atoms with Gasteiger partial charge in [0.05, 0.1) is 18.6 Å². The van der Waals surface area contributed by atoms with E-state index in [2.05, 4.69) is 10.6 Å². The third kappa shape index (κ3) is 7.27. The predicted octanol–water partition coefficient (Wildman–Crippen LogP) is 2.38. The van der Waals surface area contributed by atoms with E-state index in [4.69, 9.17) is 0 Å². The van der Waals surface area contributed by atoms with Gasteiger partial charge in [-0.15, -0.1) is 0 Å². The van der Waals surface area contributed by atoms with E-state index >= 15 is 0 Å². The van der Waals surface area contributed by atoms with Gasteiger partial charge in [0.2, 0.25) is 5.91 Å². The Labute approximate surface area is 194 Å². The number of amides is 2. The molecule has 2 aromatic carbocycles. The van der Waals surface area contributed by atoms with Gasteiger partial charge in [-0.25, -0.2) is 4.79 Å². The molecular formula is C25H34N2O6. The molecule has 2 amide bonds. The topological polar surface area (TPSA) is 136 Å². The van der Waals surface area contributed by atoms with Crippen LogP contribution in [0.2, 0.25) is 0 Å². The molecule has 0 heterocycles. The number of rotatable bonds is 11. The quantitative estimate of drug-likeness (QED) is 0.351. The fraction of sp³-hybridized carbons (Fsp3) is 0.480. The summed E-state index contributed by atoms with van der Waals surface area (Å²) in [6.45, 7) is 7.16. The summed E-state index contributed by atoms with van der Waals surface area (Å²) in [5.74, 6) is -2.70. The van der Waals surface area contributed by atoms with E-state index in [1.165, 1.54) is 0 Å². The average molecular weight is 459 g/mol. The van der Waals surface area contributed by atoms with Gasteiger partial charge in [-0.1, -0.05) is 70.2 Å². The second-order valence-electron chi connectivity index (χ2n) is 9.11. The first-order valence-electron chi connectivity index (χ1n) is 11.2. The molecule has 2 rings (SSSR count). The van der Waals surface area contributed by atoms with Crippen molar-refractivity contribution >= 4 is 28.6 Å². The summed E-state index contributed by atoms with van der Waals surface area (Å²) >= 11 is 0. The number of aliphatic hydroxyl groups excluding tert-OH is 2. The lowest BCUT2D eigenvalue weighted by molar-refractivity contribution is -0.143. The summed E-state index contributed by atoms with van der Waals surface area (Å²) in [5.41, 5.74) is 0.447. The first-order valence-corrected chi connectivity index (χ1v) is 11.2. The van der Waals surface area contributed by atoms with Crippen molar-refractivity contribution in [2.24, 2.45) is 11.8 Å². The maximum Gasteiger partial charge on any atom is 0.326 e. The number of hydrogen-bond donors (Lipinski definition) is 5. The largest absolute Gasteiger partial charge is 0.480 e. The molecule has 0 aliphatic heterocycles. The number of nitrogens with one attached hydrogen (secondary N) is 2. The highest BCUT2D eigenvalue weighted by atomic mass is 16.4. The number of carbonyl (C=O) groups excluding carboxylic acids is 2. The smallest absolute Gasteiger partial charge is 0.326 e. The molecule has 0 fully saturated rings. The zero-order chi connectivity index (χ0) is 24.7. The second-order valence-corrected chi connectivity index (χ2v) is 9.11. The molecule has 33 heavy (non-hydrogen) atoms. The summed E-state index contributed by atoms with van der Waals surface area (Å²) in [4.78, 5) is 36.6. The first-order chi connectivity index (χ1) is 15.5. The molecule has 2 aromatic rings. The fourth-order valence-electron chi connectivity index (χ4n) is 3.79. The number of aliphatic hydroxyl groups is 2.